The fourth-order valence-corrected chi connectivity index (χ4v) is 0.905. The lowest BCUT2D eigenvalue weighted by atomic mass is 10.1. The molecule has 0 aliphatic heterocycles. The van der Waals surface area contributed by atoms with Gasteiger partial charge in [0.05, 0.1) is 26.4 Å². The summed E-state index contributed by atoms with van der Waals surface area (Å²) in [7, 11) is 0. The number of carbonyl (C=O) groups excluding carboxylic acids is 1. The van der Waals surface area contributed by atoms with E-state index in [4.69, 9.17) is 19.9 Å². The topological polar surface area (TPSA) is 70.8 Å². The summed E-state index contributed by atoms with van der Waals surface area (Å²) in [4.78, 5) is 11.4. The summed E-state index contributed by atoms with van der Waals surface area (Å²) < 4.78 is 15.3. The van der Waals surface area contributed by atoms with Crippen LogP contribution in [0, 0.1) is 0 Å². The highest BCUT2D eigenvalue weighted by Crippen LogP contribution is 2.11. The van der Waals surface area contributed by atoms with E-state index in [9.17, 15) is 4.79 Å². The van der Waals surface area contributed by atoms with Crippen molar-refractivity contribution < 1.29 is 19.0 Å². The first-order chi connectivity index (χ1) is 7.04. The van der Waals surface area contributed by atoms with E-state index < -0.39 is 5.60 Å². The first-order valence-corrected chi connectivity index (χ1v) is 5.13. The van der Waals surface area contributed by atoms with Crippen LogP contribution in [0.25, 0.3) is 0 Å². The van der Waals surface area contributed by atoms with Crippen LogP contribution in [-0.4, -0.2) is 44.5 Å². The average molecular weight is 219 g/mol. The number of hydrogen-bond donors (Lipinski definition) is 1. The van der Waals surface area contributed by atoms with Crippen molar-refractivity contribution in [2.45, 2.75) is 26.4 Å². The molecule has 5 nitrogen and oxygen atoms in total. The Bertz CT molecular complexity index is 182. The Morgan fingerprint density at radius 1 is 1.27 bits per heavy atom. The predicted octanol–water partition coefficient (Wildman–Crippen LogP) is 0.320. The van der Waals surface area contributed by atoms with Crippen molar-refractivity contribution in [3.05, 3.63) is 0 Å². The normalized spacial score (nSPS) is 11.5. The van der Waals surface area contributed by atoms with Gasteiger partial charge in [-0.1, -0.05) is 0 Å². The Morgan fingerprint density at radius 2 is 1.93 bits per heavy atom. The van der Waals surface area contributed by atoms with Crippen LogP contribution in [0.2, 0.25) is 0 Å². The molecule has 2 N–H and O–H groups in total. The third kappa shape index (κ3) is 6.43. The summed E-state index contributed by atoms with van der Waals surface area (Å²) in [5.41, 5.74) is 4.33. The molecular formula is C10H21NO4. The highest BCUT2D eigenvalue weighted by Gasteiger charge is 2.29. The van der Waals surface area contributed by atoms with E-state index in [0.29, 0.717) is 33.0 Å². The van der Waals surface area contributed by atoms with Crippen molar-refractivity contribution in [2.24, 2.45) is 5.73 Å². The van der Waals surface area contributed by atoms with E-state index in [2.05, 4.69) is 0 Å². The maximum atomic E-state index is 11.4. The van der Waals surface area contributed by atoms with Crippen molar-refractivity contribution in [3.8, 4) is 0 Å². The summed E-state index contributed by atoms with van der Waals surface area (Å²) in [6.45, 7) is 7.24. The zero-order valence-electron chi connectivity index (χ0n) is 9.75. The second kappa shape index (κ2) is 7.62. The fraction of sp³-hybridized carbons (Fsp3) is 0.900. The Hall–Kier alpha value is -0.650. The van der Waals surface area contributed by atoms with Crippen LogP contribution < -0.4 is 5.73 Å². The van der Waals surface area contributed by atoms with Gasteiger partial charge in [0.25, 0.3) is 0 Å². The van der Waals surface area contributed by atoms with Gasteiger partial charge in [0.15, 0.2) is 5.60 Å². The summed E-state index contributed by atoms with van der Waals surface area (Å²) in [5, 5.41) is 0. The minimum absolute atomic E-state index is 0.353. The minimum Gasteiger partial charge on any atom is -0.464 e. The molecule has 0 radical (unpaired) electrons. The van der Waals surface area contributed by atoms with Crippen molar-refractivity contribution in [1.29, 1.82) is 0 Å². The van der Waals surface area contributed by atoms with Crippen molar-refractivity contribution in [3.63, 3.8) is 0 Å². The van der Waals surface area contributed by atoms with Gasteiger partial charge in [0.2, 0.25) is 0 Å². The Kier molecular flexibility index (Phi) is 7.29. The van der Waals surface area contributed by atoms with E-state index in [0.717, 1.165) is 0 Å². The number of hydrogen-bond acceptors (Lipinski definition) is 5. The molecule has 90 valence electrons. The van der Waals surface area contributed by atoms with Crippen LogP contribution in [0.4, 0.5) is 0 Å². The number of carbonyl (C=O) groups is 1. The molecule has 15 heavy (non-hydrogen) atoms. The summed E-state index contributed by atoms with van der Waals surface area (Å²) >= 11 is 0. The van der Waals surface area contributed by atoms with Gasteiger partial charge in [-0.15, -0.1) is 0 Å². The van der Waals surface area contributed by atoms with Crippen LogP contribution in [0.15, 0.2) is 0 Å². The number of rotatable bonds is 8. The van der Waals surface area contributed by atoms with Crippen LogP contribution >= 0.6 is 0 Å². The average Bonchev–Trinajstić information content (AvgIpc) is 2.18. The molecule has 0 heterocycles. The van der Waals surface area contributed by atoms with E-state index >= 15 is 0 Å². The molecule has 0 aromatic rings. The van der Waals surface area contributed by atoms with E-state index in [1.807, 2.05) is 0 Å². The second-order valence-electron chi connectivity index (χ2n) is 3.48. The first kappa shape index (κ1) is 14.3. The lowest BCUT2D eigenvalue weighted by molar-refractivity contribution is -0.169. The van der Waals surface area contributed by atoms with Gasteiger partial charge < -0.3 is 19.9 Å². The summed E-state index contributed by atoms with van der Waals surface area (Å²) in [6.07, 6.45) is 0. The third-order valence-corrected chi connectivity index (χ3v) is 1.72. The predicted molar refractivity (Wildman–Crippen MR) is 56.5 cm³/mol. The third-order valence-electron chi connectivity index (χ3n) is 1.72. The fourth-order valence-electron chi connectivity index (χ4n) is 0.905. The molecule has 0 aliphatic carbocycles. The maximum absolute atomic E-state index is 11.4. The van der Waals surface area contributed by atoms with E-state index in [1.165, 1.54) is 0 Å². The molecule has 0 unspecified atom stereocenters. The number of esters is 1. The Balaban J connectivity index is 3.68. The quantitative estimate of drug-likeness (QED) is 0.470. The lowest BCUT2D eigenvalue weighted by Crippen LogP contribution is -2.37. The van der Waals surface area contributed by atoms with Crippen LogP contribution in [0.3, 0.4) is 0 Å². The van der Waals surface area contributed by atoms with Crippen LogP contribution in [-0.2, 0) is 19.0 Å². The zero-order valence-corrected chi connectivity index (χ0v) is 9.75. The molecule has 0 aromatic carbocycles. The molecule has 0 spiro atoms. The van der Waals surface area contributed by atoms with Gasteiger partial charge in [0.1, 0.15) is 0 Å². The SMILES string of the molecule is CCOC(=O)C(C)(C)OCCOCCN. The van der Waals surface area contributed by atoms with Gasteiger partial charge in [-0.25, -0.2) is 4.79 Å². The van der Waals surface area contributed by atoms with Gasteiger partial charge in [-0.05, 0) is 20.8 Å². The van der Waals surface area contributed by atoms with Gasteiger partial charge in [-0.3, -0.25) is 0 Å². The summed E-state index contributed by atoms with van der Waals surface area (Å²) in [6, 6.07) is 0. The molecule has 5 heteroatoms. The van der Waals surface area contributed by atoms with Crippen LogP contribution in [0.5, 0.6) is 0 Å². The molecule has 0 rings (SSSR count). The molecule has 0 saturated carbocycles. The van der Waals surface area contributed by atoms with Crippen molar-refractivity contribution in [1.82, 2.24) is 0 Å². The minimum atomic E-state index is -0.915. The highest BCUT2D eigenvalue weighted by molar-refractivity contribution is 5.78. The van der Waals surface area contributed by atoms with Gasteiger partial charge >= 0.3 is 5.97 Å². The molecule has 0 aliphatic rings. The zero-order chi connectivity index (χ0) is 11.7. The van der Waals surface area contributed by atoms with Crippen LogP contribution in [0.1, 0.15) is 20.8 Å². The summed E-state index contributed by atoms with van der Waals surface area (Å²) in [5.74, 6) is -0.358. The Morgan fingerprint density at radius 3 is 2.47 bits per heavy atom. The lowest BCUT2D eigenvalue weighted by Gasteiger charge is -2.22. The van der Waals surface area contributed by atoms with Gasteiger partial charge in [0, 0.05) is 6.54 Å². The molecular weight excluding hydrogens is 198 g/mol. The maximum Gasteiger partial charge on any atom is 0.337 e. The molecule has 0 bridgehead atoms. The Labute approximate surface area is 90.9 Å². The largest absolute Gasteiger partial charge is 0.464 e. The second-order valence-corrected chi connectivity index (χ2v) is 3.48. The molecule has 0 saturated heterocycles. The smallest absolute Gasteiger partial charge is 0.337 e. The molecule has 0 atom stereocenters. The number of ether oxygens (including phenoxy) is 3. The monoisotopic (exact) mass is 219 g/mol. The van der Waals surface area contributed by atoms with Crippen molar-refractivity contribution >= 4 is 5.97 Å². The highest BCUT2D eigenvalue weighted by atomic mass is 16.6. The van der Waals surface area contributed by atoms with E-state index in [-0.39, 0.29) is 5.97 Å². The van der Waals surface area contributed by atoms with E-state index in [1.54, 1.807) is 20.8 Å². The van der Waals surface area contributed by atoms with Gasteiger partial charge in [-0.2, -0.15) is 0 Å². The standard InChI is InChI=1S/C10H21NO4/c1-4-14-9(12)10(2,3)15-8-7-13-6-5-11/h4-8,11H2,1-3H3. The first-order valence-electron chi connectivity index (χ1n) is 5.13. The molecule has 0 amide bonds. The number of nitrogens with two attached hydrogens (primary N) is 1. The van der Waals surface area contributed by atoms with Crippen molar-refractivity contribution in [2.75, 3.05) is 33.0 Å². The molecule has 0 fully saturated rings. The molecule has 0 aromatic heterocycles.